The van der Waals surface area contributed by atoms with Crippen LogP contribution in [0.3, 0.4) is 0 Å². The molecule has 0 aliphatic heterocycles. The lowest BCUT2D eigenvalue weighted by Gasteiger charge is -2.21. The van der Waals surface area contributed by atoms with Gasteiger partial charge in [0.2, 0.25) is 11.8 Å². The normalized spacial score (nSPS) is 13.0. The van der Waals surface area contributed by atoms with Crippen LogP contribution in [-0.2, 0) is 9.59 Å². The molecule has 0 heterocycles. The lowest BCUT2D eigenvalue weighted by molar-refractivity contribution is -0.124. The molecule has 0 radical (unpaired) electrons. The van der Waals surface area contributed by atoms with Crippen molar-refractivity contribution in [3.8, 4) is 0 Å². The van der Waals surface area contributed by atoms with Crippen LogP contribution in [0.2, 0.25) is 0 Å². The molecular formula is C12H25N3O2. The third-order valence-corrected chi connectivity index (χ3v) is 2.06. The number of carbonyl (C=O) groups excluding carboxylic acids is 2. The predicted molar refractivity (Wildman–Crippen MR) is 68.7 cm³/mol. The van der Waals surface area contributed by atoms with Crippen LogP contribution in [0.1, 0.15) is 41.0 Å². The first-order chi connectivity index (χ1) is 7.76. The quantitative estimate of drug-likeness (QED) is 0.632. The van der Waals surface area contributed by atoms with Crippen molar-refractivity contribution in [3.63, 3.8) is 0 Å². The zero-order valence-electron chi connectivity index (χ0n) is 11.5. The number of hydrogen-bond acceptors (Lipinski definition) is 3. The van der Waals surface area contributed by atoms with Gasteiger partial charge in [0, 0.05) is 25.0 Å². The molecule has 17 heavy (non-hydrogen) atoms. The van der Waals surface area contributed by atoms with E-state index in [1.807, 2.05) is 27.7 Å². The van der Waals surface area contributed by atoms with Gasteiger partial charge in [-0.05, 0) is 34.6 Å². The predicted octanol–water partition coefficient (Wildman–Crippen LogP) is 0.405. The van der Waals surface area contributed by atoms with E-state index in [4.69, 9.17) is 0 Å². The lowest BCUT2D eigenvalue weighted by atomic mass is 10.1. The molecule has 2 amide bonds. The molecule has 0 aromatic carbocycles. The fraction of sp³-hybridized carbons (Fsp3) is 0.833. The Balaban J connectivity index is 3.77. The first kappa shape index (κ1) is 15.9. The van der Waals surface area contributed by atoms with Gasteiger partial charge in [-0.1, -0.05) is 0 Å². The van der Waals surface area contributed by atoms with E-state index >= 15 is 0 Å². The van der Waals surface area contributed by atoms with Crippen LogP contribution in [0, 0.1) is 0 Å². The Morgan fingerprint density at radius 3 is 2.29 bits per heavy atom. The number of carbonyl (C=O) groups is 2. The van der Waals surface area contributed by atoms with Crippen LogP contribution in [0.25, 0.3) is 0 Å². The molecule has 0 saturated carbocycles. The van der Waals surface area contributed by atoms with Crippen LogP contribution >= 0.6 is 0 Å². The Hall–Kier alpha value is -1.10. The smallest absolute Gasteiger partial charge is 0.236 e. The molecular weight excluding hydrogens is 218 g/mol. The molecule has 0 aliphatic rings. The molecule has 0 aliphatic carbocycles. The highest BCUT2D eigenvalue weighted by molar-refractivity contribution is 5.81. The van der Waals surface area contributed by atoms with Crippen molar-refractivity contribution in [1.29, 1.82) is 0 Å². The number of rotatable bonds is 6. The number of nitrogens with one attached hydrogen (secondary N) is 3. The lowest BCUT2D eigenvalue weighted by Crippen LogP contribution is -2.45. The summed E-state index contributed by atoms with van der Waals surface area (Å²) in [7, 11) is 0. The van der Waals surface area contributed by atoms with Crippen molar-refractivity contribution in [3.05, 3.63) is 0 Å². The Morgan fingerprint density at radius 2 is 1.82 bits per heavy atom. The average molecular weight is 243 g/mol. The number of amides is 2. The van der Waals surface area contributed by atoms with E-state index in [1.165, 1.54) is 0 Å². The summed E-state index contributed by atoms with van der Waals surface area (Å²) in [5.41, 5.74) is -0.206. The molecule has 0 aromatic rings. The fourth-order valence-electron chi connectivity index (χ4n) is 1.30. The van der Waals surface area contributed by atoms with E-state index in [2.05, 4.69) is 16.0 Å². The maximum absolute atomic E-state index is 11.5. The van der Waals surface area contributed by atoms with Gasteiger partial charge in [0.15, 0.2) is 0 Å². The van der Waals surface area contributed by atoms with Gasteiger partial charge in [0.1, 0.15) is 0 Å². The van der Waals surface area contributed by atoms with E-state index in [-0.39, 0.29) is 23.4 Å². The summed E-state index contributed by atoms with van der Waals surface area (Å²) in [6.07, 6.45) is 0.376. The van der Waals surface area contributed by atoms with E-state index in [9.17, 15) is 9.59 Å². The van der Waals surface area contributed by atoms with E-state index in [0.29, 0.717) is 19.5 Å². The molecule has 100 valence electrons. The number of likely N-dealkylation sites (N-methyl/N-ethyl adjacent to an activating group) is 1. The van der Waals surface area contributed by atoms with Crippen LogP contribution < -0.4 is 16.0 Å². The Labute approximate surface area is 104 Å². The maximum atomic E-state index is 11.5. The molecule has 1 atom stereocenters. The highest BCUT2D eigenvalue weighted by Crippen LogP contribution is 1.98. The zero-order chi connectivity index (χ0) is 13.5. The SMILES string of the molecule is CCNC(=O)C(C)NCCC(=O)NC(C)(C)C. The minimum Gasteiger partial charge on any atom is -0.355 e. The second-order valence-corrected chi connectivity index (χ2v) is 5.12. The highest BCUT2D eigenvalue weighted by Gasteiger charge is 2.14. The minimum atomic E-state index is -0.266. The first-order valence-electron chi connectivity index (χ1n) is 6.08. The molecule has 0 spiro atoms. The fourth-order valence-corrected chi connectivity index (χ4v) is 1.30. The van der Waals surface area contributed by atoms with Gasteiger partial charge in [-0.3, -0.25) is 9.59 Å². The standard InChI is InChI=1S/C12H25N3O2/c1-6-13-11(17)9(2)14-8-7-10(16)15-12(3,4)5/h9,14H,6-8H2,1-5H3,(H,13,17)(H,15,16). The number of hydrogen-bond donors (Lipinski definition) is 3. The molecule has 0 saturated heterocycles. The van der Waals surface area contributed by atoms with Crippen molar-refractivity contribution in [2.75, 3.05) is 13.1 Å². The summed E-state index contributed by atoms with van der Waals surface area (Å²) in [6.45, 7) is 10.6. The van der Waals surface area contributed by atoms with Crippen molar-refractivity contribution >= 4 is 11.8 Å². The summed E-state index contributed by atoms with van der Waals surface area (Å²) in [4.78, 5) is 22.9. The Morgan fingerprint density at radius 1 is 1.24 bits per heavy atom. The van der Waals surface area contributed by atoms with Crippen LogP contribution in [0.4, 0.5) is 0 Å². The van der Waals surface area contributed by atoms with Gasteiger partial charge in [-0.15, -0.1) is 0 Å². The van der Waals surface area contributed by atoms with Crippen molar-refractivity contribution < 1.29 is 9.59 Å². The minimum absolute atomic E-state index is 0.00639. The molecule has 0 rings (SSSR count). The summed E-state index contributed by atoms with van der Waals surface area (Å²) < 4.78 is 0. The van der Waals surface area contributed by atoms with Crippen LogP contribution in [-0.4, -0.2) is 36.5 Å². The zero-order valence-corrected chi connectivity index (χ0v) is 11.5. The van der Waals surface area contributed by atoms with Crippen molar-refractivity contribution in [2.24, 2.45) is 0 Å². The molecule has 0 fully saturated rings. The third kappa shape index (κ3) is 8.68. The van der Waals surface area contributed by atoms with Gasteiger partial charge in [0.25, 0.3) is 0 Å². The monoisotopic (exact) mass is 243 g/mol. The topological polar surface area (TPSA) is 70.2 Å². The molecule has 1 unspecified atom stereocenters. The van der Waals surface area contributed by atoms with Gasteiger partial charge < -0.3 is 16.0 Å². The summed E-state index contributed by atoms with van der Waals surface area (Å²) in [6, 6.07) is -0.266. The van der Waals surface area contributed by atoms with Gasteiger partial charge in [-0.2, -0.15) is 0 Å². The van der Waals surface area contributed by atoms with Crippen LogP contribution in [0.5, 0.6) is 0 Å². The molecule has 5 heteroatoms. The average Bonchev–Trinajstić information content (AvgIpc) is 2.14. The van der Waals surface area contributed by atoms with E-state index in [0.717, 1.165) is 0 Å². The first-order valence-corrected chi connectivity index (χ1v) is 6.08. The van der Waals surface area contributed by atoms with Gasteiger partial charge in [-0.25, -0.2) is 0 Å². The summed E-state index contributed by atoms with van der Waals surface area (Å²) in [5.74, 6) is -0.0446. The van der Waals surface area contributed by atoms with Crippen molar-refractivity contribution in [2.45, 2.75) is 52.6 Å². The highest BCUT2D eigenvalue weighted by atomic mass is 16.2. The van der Waals surface area contributed by atoms with E-state index < -0.39 is 0 Å². The summed E-state index contributed by atoms with van der Waals surface area (Å²) in [5, 5.41) is 8.60. The van der Waals surface area contributed by atoms with E-state index in [1.54, 1.807) is 6.92 Å². The third-order valence-electron chi connectivity index (χ3n) is 2.06. The largest absolute Gasteiger partial charge is 0.355 e. The van der Waals surface area contributed by atoms with Crippen molar-refractivity contribution in [1.82, 2.24) is 16.0 Å². The molecule has 0 aromatic heterocycles. The molecule has 0 bridgehead atoms. The maximum Gasteiger partial charge on any atom is 0.236 e. The Kier molecular flexibility index (Phi) is 6.80. The van der Waals surface area contributed by atoms with Gasteiger partial charge >= 0.3 is 0 Å². The van der Waals surface area contributed by atoms with Crippen LogP contribution in [0.15, 0.2) is 0 Å². The molecule has 5 nitrogen and oxygen atoms in total. The Bertz CT molecular complexity index is 259. The molecule has 3 N–H and O–H groups in total. The van der Waals surface area contributed by atoms with Gasteiger partial charge in [0.05, 0.1) is 6.04 Å². The second kappa shape index (κ2) is 7.27. The second-order valence-electron chi connectivity index (χ2n) is 5.12. The summed E-state index contributed by atoms with van der Waals surface area (Å²) >= 11 is 0.